The highest BCUT2D eigenvalue weighted by Crippen LogP contribution is 2.65. The summed E-state index contributed by atoms with van der Waals surface area (Å²) in [5, 5.41) is 5.88. The second kappa shape index (κ2) is 10.2. The maximum atomic E-state index is 13.0. The second-order valence-electron chi connectivity index (χ2n) is 12.0. The van der Waals surface area contributed by atoms with E-state index < -0.39 is 13.2 Å². The van der Waals surface area contributed by atoms with E-state index in [9.17, 15) is 9.59 Å². The summed E-state index contributed by atoms with van der Waals surface area (Å²) in [5.74, 6) is 0.789. The Balaban J connectivity index is 1.29. The van der Waals surface area contributed by atoms with Crippen LogP contribution in [0, 0.1) is 23.2 Å². The van der Waals surface area contributed by atoms with Gasteiger partial charge >= 0.3 is 7.12 Å². The van der Waals surface area contributed by atoms with Crippen molar-refractivity contribution in [2.75, 3.05) is 6.54 Å². The number of aryl methyl sites for hydroxylation is 1. The summed E-state index contributed by atoms with van der Waals surface area (Å²) >= 11 is 0. The van der Waals surface area contributed by atoms with Crippen LogP contribution in [0.15, 0.2) is 30.3 Å². The van der Waals surface area contributed by atoms with Crippen LogP contribution in [0.4, 0.5) is 0 Å². The fourth-order valence-electron chi connectivity index (χ4n) is 6.41. The molecule has 4 fully saturated rings. The van der Waals surface area contributed by atoms with E-state index in [1.54, 1.807) is 0 Å². The monoisotopic (exact) mass is 483 g/mol. The highest BCUT2D eigenvalue weighted by molar-refractivity contribution is 6.47. The first-order valence-electron chi connectivity index (χ1n) is 13.2. The first kappa shape index (κ1) is 26.2. The molecule has 1 saturated heterocycles. The SMILES string of the molecule is CC(C)C[C@H](NC(=O)[C@@H](N)CNC(=O)CCc1ccccc1)B1O[C@@H]2C[C@H]3C[C@H](C3(C)C)[C@]2(C)O1. The number of nitrogens with two attached hydrogens (primary N) is 1. The molecule has 3 aliphatic carbocycles. The molecule has 2 bridgehead atoms. The maximum absolute atomic E-state index is 13.0. The second-order valence-corrected chi connectivity index (χ2v) is 12.0. The van der Waals surface area contributed by atoms with Gasteiger partial charge in [-0.25, -0.2) is 0 Å². The Kier molecular flexibility index (Phi) is 7.65. The number of carbonyl (C=O) groups is 2. The molecule has 2 amide bonds. The number of benzene rings is 1. The number of nitrogens with one attached hydrogen (secondary N) is 2. The number of rotatable bonds is 10. The van der Waals surface area contributed by atoms with Crippen LogP contribution < -0.4 is 16.4 Å². The molecule has 0 unspecified atom stereocenters. The largest absolute Gasteiger partial charge is 0.481 e. The van der Waals surface area contributed by atoms with Gasteiger partial charge in [-0.1, -0.05) is 58.0 Å². The van der Waals surface area contributed by atoms with Crippen molar-refractivity contribution in [1.82, 2.24) is 10.6 Å². The highest BCUT2D eigenvalue weighted by Gasteiger charge is 2.68. The van der Waals surface area contributed by atoms with Crippen molar-refractivity contribution in [3.63, 3.8) is 0 Å². The van der Waals surface area contributed by atoms with E-state index in [1.165, 1.54) is 6.42 Å². The minimum atomic E-state index is -0.837. The van der Waals surface area contributed by atoms with Gasteiger partial charge in [0.05, 0.1) is 17.6 Å². The zero-order valence-electron chi connectivity index (χ0n) is 21.9. The third kappa shape index (κ3) is 5.44. The topological polar surface area (TPSA) is 103 Å². The number of carbonyl (C=O) groups excluding carboxylic acids is 2. The van der Waals surface area contributed by atoms with Crippen LogP contribution in [0.5, 0.6) is 0 Å². The number of hydrogen-bond acceptors (Lipinski definition) is 5. The van der Waals surface area contributed by atoms with Gasteiger partial charge in [0.25, 0.3) is 0 Å². The van der Waals surface area contributed by atoms with E-state index in [0.29, 0.717) is 30.6 Å². The summed E-state index contributed by atoms with van der Waals surface area (Å²) in [6.45, 7) is 11.2. The van der Waals surface area contributed by atoms with E-state index in [2.05, 4.69) is 45.3 Å². The van der Waals surface area contributed by atoms with Crippen LogP contribution in [0.1, 0.15) is 65.9 Å². The molecule has 0 aromatic heterocycles. The summed E-state index contributed by atoms with van der Waals surface area (Å²) in [6, 6.07) is 9.02. The molecule has 8 heteroatoms. The lowest BCUT2D eigenvalue weighted by molar-refractivity contribution is -0.199. The standard InChI is InChI=1S/C27H42BN3O4/c1-17(2)13-23(28-34-22-15-19-14-21(26(19,3)4)27(22,5)35-28)31-25(33)20(29)16-30-24(32)12-11-18-9-7-6-8-10-18/h6-10,17,19-23H,11-16,29H2,1-5H3,(H,30,32)(H,31,33)/t19-,20+,21-,22-,23+,27+/m1/s1. The van der Waals surface area contributed by atoms with Crippen molar-refractivity contribution in [3.05, 3.63) is 35.9 Å². The molecule has 0 spiro atoms. The average molecular weight is 483 g/mol. The van der Waals surface area contributed by atoms with Crippen LogP contribution in [0.2, 0.25) is 0 Å². The molecule has 192 valence electrons. The zero-order chi connectivity index (χ0) is 25.4. The minimum absolute atomic E-state index is 0.0633. The van der Waals surface area contributed by atoms with Gasteiger partial charge in [-0.2, -0.15) is 0 Å². The Labute approximate surface area is 210 Å². The average Bonchev–Trinajstić information content (AvgIpc) is 3.18. The van der Waals surface area contributed by atoms with Crippen LogP contribution in [-0.2, 0) is 25.3 Å². The lowest BCUT2D eigenvalue weighted by atomic mass is 9.43. The van der Waals surface area contributed by atoms with Crippen molar-refractivity contribution in [2.24, 2.45) is 28.9 Å². The van der Waals surface area contributed by atoms with Crippen molar-refractivity contribution in [3.8, 4) is 0 Å². The van der Waals surface area contributed by atoms with Gasteiger partial charge in [-0.05, 0) is 61.3 Å². The van der Waals surface area contributed by atoms with Crippen molar-refractivity contribution in [2.45, 2.75) is 90.4 Å². The molecule has 35 heavy (non-hydrogen) atoms. The van der Waals surface area contributed by atoms with E-state index in [0.717, 1.165) is 18.4 Å². The molecular formula is C27H42BN3O4. The van der Waals surface area contributed by atoms with E-state index in [4.69, 9.17) is 15.0 Å². The summed E-state index contributed by atoms with van der Waals surface area (Å²) in [7, 11) is -0.487. The van der Waals surface area contributed by atoms with Gasteiger partial charge in [0, 0.05) is 13.0 Å². The molecule has 1 aromatic rings. The summed E-state index contributed by atoms with van der Waals surface area (Å²) in [4.78, 5) is 25.2. The highest BCUT2D eigenvalue weighted by atomic mass is 16.7. The van der Waals surface area contributed by atoms with Gasteiger partial charge in [0.2, 0.25) is 11.8 Å². The molecule has 1 aromatic carbocycles. The molecule has 4 N–H and O–H groups in total. The Bertz CT molecular complexity index is 911. The fraction of sp³-hybridized carbons (Fsp3) is 0.704. The molecule has 3 saturated carbocycles. The molecule has 1 aliphatic heterocycles. The van der Waals surface area contributed by atoms with Gasteiger partial charge in [0.1, 0.15) is 6.04 Å². The van der Waals surface area contributed by atoms with Crippen molar-refractivity contribution < 1.29 is 18.9 Å². The Morgan fingerprint density at radius 2 is 1.89 bits per heavy atom. The Hall–Kier alpha value is -1.90. The normalized spacial score (nSPS) is 30.3. The fourth-order valence-corrected chi connectivity index (χ4v) is 6.41. The molecule has 6 atom stereocenters. The lowest BCUT2D eigenvalue weighted by Crippen LogP contribution is -2.65. The maximum Gasteiger partial charge on any atom is 0.481 e. The van der Waals surface area contributed by atoms with Crippen molar-refractivity contribution >= 4 is 18.9 Å². The number of amides is 2. The first-order valence-corrected chi connectivity index (χ1v) is 13.2. The molecule has 7 nitrogen and oxygen atoms in total. The van der Waals surface area contributed by atoms with Gasteiger partial charge < -0.3 is 25.7 Å². The van der Waals surface area contributed by atoms with Crippen LogP contribution in [0.25, 0.3) is 0 Å². The summed E-state index contributed by atoms with van der Waals surface area (Å²) in [5.41, 5.74) is 7.20. The summed E-state index contributed by atoms with van der Waals surface area (Å²) in [6.07, 6.45) is 4.00. The molecule has 4 aliphatic rings. The third-order valence-corrected chi connectivity index (χ3v) is 8.69. The summed E-state index contributed by atoms with van der Waals surface area (Å²) < 4.78 is 13.0. The van der Waals surface area contributed by atoms with E-state index in [1.807, 2.05) is 30.3 Å². The Morgan fingerprint density at radius 1 is 1.17 bits per heavy atom. The third-order valence-electron chi connectivity index (χ3n) is 8.69. The Morgan fingerprint density at radius 3 is 2.54 bits per heavy atom. The quantitative estimate of drug-likeness (QED) is 0.444. The molecule has 1 heterocycles. The van der Waals surface area contributed by atoms with Crippen LogP contribution in [0.3, 0.4) is 0 Å². The molecular weight excluding hydrogens is 441 g/mol. The van der Waals surface area contributed by atoms with Crippen molar-refractivity contribution in [1.29, 1.82) is 0 Å². The van der Waals surface area contributed by atoms with Crippen LogP contribution >= 0.6 is 0 Å². The first-order chi connectivity index (χ1) is 16.5. The minimum Gasteiger partial charge on any atom is -0.404 e. The van der Waals surface area contributed by atoms with Gasteiger partial charge in [-0.15, -0.1) is 0 Å². The molecule has 5 rings (SSSR count). The van der Waals surface area contributed by atoms with E-state index in [-0.39, 0.29) is 41.4 Å². The molecule has 0 radical (unpaired) electrons. The van der Waals surface area contributed by atoms with Crippen LogP contribution in [-0.4, -0.2) is 49.2 Å². The zero-order valence-corrected chi connectivity index (χ0v) is 21.9. The van der Waals surface area contributed by atoms with Gasteiger partial charge in [0.15, 0.2) is 0 Å². The predicted molar refractivity (Wildman–Crippen MR) is 137 cm³/mol. The number of hydrogen-bond donors (Lipinski definition) is 3. The van der Waals surface area contributed by atoms with E-state index >= 15 is 0 Å². The van der Waals surface area contributed by atoms with Gasteiger partial charge in [-0.3, -0.25) is 9.59 Å². The smallest absolute Gasteiger partial charge is 0.404 e. The lowest BCUT2D eigenvalue weighted by Gasteiger charge is -2.64. The predicted octanol–water partition coefficient (Wildman–Crippen LogP) is 2.86.